The van der Waals surface area contributed by atoms with Gasteiger partial charge >= 0.3 is 6.61 Å². The second kappa shape index (κ2) is 10.4. The molecule has 0 radical (unpaired) electrons. The van der Waals surface area contributed by atoms with Gasteiger partial charge in [-0.3, -0.25) is 4.99 Å². The van der Waals surface area contributed by atoms with Crippen LogP contribution in [0.25, 0.3) is 11.0 Å². The standard InChI is InChI=1S/C21H25F2N5O2/c1-24-21(25-10-5-11-28-14-27-17-6-3-4-7-18(17)28)26-13-15-12-16(29-2)8-9-19(15)30-20(22)23/h3-4,6-9,12,14,20H,5,10-11,13H2,1-2H3,(H2,24,25,26). The smallest absolute Gasteiger partial charge is 0.387 e. The molecule has 0 saturated carbocycles. The summed E-state index contributed by atoms with van der Waals surface area (Å²) in [5, 5.41) is 6.34. The van der Waals surface area contributed by atoms with Crippen molar-refractivity contribution in [3.05, 3.63) is 54.4 Å². The number of rotatable bonds is 9. The third kappa shape index (κ3) is 5.59. The number of hydrogen-bond acceptors (Lipinski definition) is 4. The van der Waals surface area contributed by atoms with Crippen LogP contribution in [0.3, 0.4) is 0 Å². The van der Waals surface area contributed by atoms with Gasteiger partial charge in [0.2, 0.25) is 0 Å². The van der Waals surface area contributed by atoms with Gasteiger partial charge in [-0.2, -0.15) is 8.78 Å². The van der Waals surface area contributed by atoms with Gasteiger partial charge < -0.3 is 24.7 Å². The Bertz CT molecular complexity index is 990. The highest BCUT2D eigenvalue weighted by molar-refractivity contribution is 5.79. The van der Waals surface area contributed by atoms with E-state index in [1.807, 2.05) is 30.6 Å². The molecule has 0 bridgehead atoms. The maximum absolute atomic E-state index is 12.7. The lowest BCUT2D eigenvalue weighted by Gasteiger charge is -2.15. The van der Waals surface area contributed by atoms with Crippen LogP contribution in [-0.2, 0) is 13.1 Å². The Kier molecular flexibility index (Phi) is 7.42. The van der Waals surface area contributed by atoms with Crippen LogP contribution in [-0.4, -0.2) is 42.8 Å². The molecule has 0 aliphatic rings. The molecule has 0 aliphatic heterocycles. The highest BCUT2D eigenvalue weighted by atomic mass is 19.3. The minimum absolute atomic E-state index is 0.0979. The van der Waals surface area contributed by atoms with Crippen molar-refractivity contribution in [2.24, 2.45) is 4.99 Å². The SMILES string of the molecule is CN=C(NCCCn1cnc2ccccc21)NCc1cc(OC)ccc1OC(F)F. The Morgan fingerprint density at radius 1 is 1.20 bits per heavy atom. The first-order chi connectivity index (χ1) is 14.6. The third-order valence-corrected chi connectivity index (χ3v) is 4.55. The molecule has 2 N–H and O–H groups in total. The zero-order valence-corrected chi connectivity index (χ0v) is 16.9. The number of nitrogens with one attached hydrogen (secondary N) is 2. The first-order valence-electron chi connectivity index (χ1n) is 9.57. The normalized spacial score (nSPS) is 11.7. The van der Waals surface area contributed by atoms with E-state index >= 15 is 0 Å². The maximum atomic E-state index is 12.7. The Labute approximate surface area is 173 Å². The van der Waals surface area contributed by atoms with Crippen molar-refractivity contribution in [3.63, 3.8) is 0 Å². The average Bonchev–Trinajstić information content (AvgIpc) is 3.17. The molecule has 30 heavy (non-hydrogen) atoms. The first kappa shape index (κ1) is 21.4. The summed E-state index contributed by atoms with van der Waals surface area (Å²) in [7, 11) is 3.17. The van der Waals surface area contributed by atoms with Gasteiger partial charge in [0.15, 0.2) is 5.96 Å². The molecule has 1 heterocycles. The van der Waals surface area contributed by atoms with Gasteiger partial charge in [-0.05, 0) is 36.8 Å². The van der Waals surface area contributed by atoms with Crippen LogP contribution in [0.15, 0.2) is 53.8 Å². The Morgan fingerprint density at radius 2 is 2.03 bits per heavy atom. The van der Waals surface area contributed by atoms with Crippen molar-refractivity contribution in [1.82, 2.24) is 20.2 Å². The van der Waals surface area contributed by atoms with Crippen molar-refractivity contribution in [2.45, 2.75) is 26.1 Å². The molecule has 0 saturated heterocycles. The fourth-order valence-corrected chi connectivity index (χ4v) is 3.08. The summed E-state index contributed by atoms with van der Waals surface area (Å²) in [4.78, 5) is 8.56. The second-order valence-electron chi connectivity index (χ2n) is 6.48. The van der Waals surface area contributed by atoms with Crippen LogP contribution in [0.2, 0.25) is 0 Å². The number of halogens is 2. The molecule has 0 atom stereocenters. The molecular weight excluding hydrogens is 392 g/mol. The molecular formula is C21H25F2N5O2. The molecule has 1 aromatic heterocycles. The van der Waals surface area contributed by atoms with Crippen LogP contribution < -0.4 is 20.1 Å². The summed E-state index contributed by atoms with van der Waals surface area (Å²) in [5.41, 5.74) is 2.62. The lowest BCUT2D eigenvalue weighted by atomic mass is 10.2. The zero-order chi connectivity index (χ0) is 21.3. The van der Waals surface area contributed by atoms with Gasteiger partial charge in [0.05, 0.1) is 24.5 Å². The highest BCUT2D eigenvalue weighted by Crippen LogP contribution is 2.25. The predicted octanol–water partition coefficient (Wildman–Crippen LogP) is 3.40. The molecule has 2 aromatic carbocycles. The summed E-state index contributed by atoms with van der Waals surface area (Å²) in [5.74, 6) is 1.22. The molecule has 3 aromatic rings. The van der Waals surface area contributed by atoms with E-state index < -0.39 is 6.61 Å². The second-order valence-corrected chi connectivity index (χ2v) is 6.48. The number of guanidine groups is 1. The van der Waals surface area contributed by atoms with Crippen molar-refractivity contribution in [2.75, 3.05) is 20.7 Å². The summed E-state index contributed by atoms with van der Waals surface area (Å²) in [6.07, 6.45) is 2.70. The molecule has 9 heteroatoms. The van der Waals surface area contributed by atoms with E-state index in [1.54, 1.807) is 19.2 Å². The van der Waals surface area contributed by atoms with Gasteiger partial charge in [-0.15, -0.1) is 0 Å². The van der Waals surface area contributed by atoms with Crippen molar-refractivity contribution in [1.29, 1.82) is 0 Å². The van der Waals surface area contributed by atoms with Crippen molar-refractivity contribution >= 4 is 17.0 Å². The number of aromatic nitrogens is 2. The Balaban J connectivity index is 1.51. The number of aryl methyl sites for hydroxylation is 1. The minimum Gasteiger partial charge on any atom is -0.497 e. The fourth-order valence-electron chi connectivity index (χ4n) is 3.08. The number of imidazole rings is 1. The van der Waals surface area contributed by atoms with Crippen LogP contribution in [0.5, 0.6) is 11.5 Å². The van der Waals surface area contributed by atoms with Gasteiger partial charge in [-0.1, -0.05) is 12.1 Å². The van der Waals surface area contributed by atoms with Gasteiger partial charge in [-0.25, -0.2) is 4.98 Å². The molecule has 0 fully saturated rings. The summed E-state index contributed by atoms with van der Waals surface area (Å²) < 4.78 is 37.2. The molecule has 7 nitrogen and oxygen atoms in total. The first-order valence-corrected chi connectivity index (χ1v) is 9.57. The number of ether oxygens (including phenoxy) is 2. The van der Waals surface area contributed by atoms with Crippen molar-refractivity contribution < 1.29 is 18.3 Å². The van der Waals surface area contributed by atoms with Crippen molar-refractivity contribution in [3.8, 4) is 11.5 Å². The molecule has 160 valence electrons. The quantitative estimate of drug-likeness (QED) is 0.317. The number of para-hydroxylation sites is 2. The fraction of sp³-hybridized carbons (Fsp3) is 0.333. The number of nitrogens with zero attached hydrogens (tertiary/aromatic N) is 3. The van der Waals surface area contributed by atoms with Crippen LogP contribution in [0.4, 0.5) is 8.78 Å². The van der Waals surface area contributed by atoms with Crippen LogP contribution in [0, 0.1) is 0 Å². The minimum atomic E-state index is -2.89. The van der Waals surface area contributed by atoms with E-state index in [4.69, 9.17) is 4.74 Å². The Hall–Kier alpha value is -3.36. The summed E-state index contributed by atoms with van der Waals surface area (Å²) in [6.45, 7) is -1.14. The Morgan fingerprint density at radius 3 is 2.80 bits per heavy atom. The molecule has 0 spiro atoms. The van der Waals surface area contributed by atoms with E-state index in [2.05, 4.69) is 29.9 Å². The lowest BCUT2D eigenvalue weighted by molar-refractivity contribution is -0.0504. The van der Waals surface area contributed by atoms with Crippen LogP contribution in [0.1, 0.15) is 12.0 Å². The molecule has 3 rings (SSSR count). The lowest BCUT2D eigenvalue weighted by Crippen LogP contribution is -2.37. The number of hydrogen-bond donors (Lipinski definition) is 2. The number of alkyl halides is 2. The van der Waals surface area contributed by atoms with Gasteiger partial charge in [0.1, 0.15) is 11.5 Å². The zero-order valence-electron chi connectivity index (χ0n) is 16.9. The topological polar surface area (TPSA) is 72.7 Å². The molecule has 0 aliphatic carbocycles. The number of methoxy groups -OCH3 is 1. The van der Waals surface area contributed by atoms with Gasteiger partial charge in [0, 0.05) is 32.2 Å². The number of fused-ring (bicyclic) bond motifs is 1. The summed E-state index contributed by atoms with van der Waals surface area (Å²) >= 11 is 0. The summed E-state index contributed by atoms with van der Waals surface area (Å²) in [6, 6.07) is 12.7. The molecule has 0 amide bonds. The number of aliphatic imine (C=N–C) groups is 1. The third-order valence-electron chi connectivity index (χ3n) is 4.55. The number of benzene rings is 2. The van der Waals surface area contributed by atoms with E-state index in [-0.39, 0.29) is 12.3 Å². The van der Waals surface area contributed by atoms with Crippen LogP contribution >= 0.6 is 0 Å². The predicted molar refractivity (Wildman–Crippen MR) is 112 cm³/mol. The van der Waals surface area contributed by atoms with E-state index in [1.165, 1.54) is 13.2 Å². The molecule has 0 unspecified atom stereocenters. The van der Waals surface area contributed by atoms with E-state index in [0.717, 1.165) is 24.0 Å². The van der Waals surface area contributed by atoms with Gasteiger partial charge in [0.25, 0.3) is 0 Å². The monoisotopic (exact) mass is 417 g/mol. The van der Waals surface area contributed by atoms with E-state index in [9.17, 15) is 8.78 Å². The maximum Gasteiger partial charge on any atom is 0.387 e. The average molecular weight is 417 g/mol. The highest BCUT2D eigenvalue weighted by Gasteiger charge is 2.11. The van der Waals surface area contributed by atoms with E-state index in [0.29, 0.717) is 23.8 Å². The largest absolute Gasteiger partial charge is 0.497 e.